The summed E-state index contributed by atoms with van der Waals surface area (Å²) in [6.07, 6.45) is 0.626. The van der Waals surface area contributed by atoms with Crippen molar-refractivity contribution in [2.45, 2.75) is 12.5 Å². The molecule has 0 bridgehead atoms. The van der Waals surface area contributed by atoms with Gasteiger partial charge in [0, 0.05) is 17.3 Å². The molecule has 1 aromatic carbocycles. The maximum atomic E-state index is 8.83. The highest BCUT2D eigenvalue weighted by Crippen LogP contribution is 2.30. The maximum absolute atomic E-state index is 8.83. The zero-order chi connectivity index (χ0) is 9.97. The topological polar surface area (TPSA) is 46.2 Å². The molecule has 82 valence electrons. The van der Waals surface area contributed by atoms with Crippen molar-refractivity contribution in [1.29, 1.82) is 0 Å². The van der Waals surface area contributed by atoms with E-state index in [1.165, 1.54) is 10.1 Å². The van der Waals surface area contributed by atoms with Crippen LogP contribution in [-0.4, -0.2) is 11.7 Å². The predicted octanol–water partition coefficient (Wildman–Crippen LogP) is 2.71. The molecular formula is C11H14ClNOS. The van der Waals surface area contributed by atoms with E-state index in [1.807, 2.05) is 12.1 Å². The van der Waals surface area contributed by atoms with E-state index in [0.717, 1.165) is 5.56 Å². The molecular weight excluding hydrogens is 230 g/mol. The quantitative estimate of drug-likeness (QED) is 0.871. The molecule has 4 heteroatoms. The van der Waals surface area contributed by atoms with Crippen LogP contribution in [0.25, 0.3) is 10.1 Å². The second kappa shape index (κ2) is 5.47. The Hall–Kier alpha value is -0.610. The van der Waals surface area contributed by atoms with Gasteiger partial charge in [-0.05, 0) is 28.8 Å². The van der Waals surface area contributed by atoms with Gasteiger partial charge in [-0.15, -0.1) is 23.7 Å². The first-order valence-electron chi connectivity index (χ1n) is 4.65. The molecule has 0 aliphatic carbocycles. The van der Waals surface area contributed by atoms with Crippen molar-refractivity contribution in [3.05, 3.63) is 35.2 Å². The first-order chi connectivity index (χ1) is 6.83. The Bertz CT molecular complexity index is 429. The molecule has 0 unspecified atom stereocenters. The van der Waals surface area contributed by atoms with Crippen LogP contribution in [0.3, 0.4) is 0 Å². The number of aliphatic hydroxyl groups excluding tert-OH is 1. The largest absolute Gasteiger partial charge is 0.396 e. The summed E-state index contributed by atoms with van der Waals surface area (Å²) < 4.78 is 1.26. The monoisotopic (exact) mass is 243 g/mol. The zero-order valence-electron chi connectivity index (χ0n) is 8.22. The molecule has 0 spiro atoms. The van der Waals surface area contributed by atoms with E-state index in [4.69, 9.17) is 10.8 Å². The lowest BCUT2D eigenvalue weighted by Gasteiger charge is -2.08. The minimum atomic E-state index is -0.0452. The van der Waals surface area contributed by atoms with Crippen LogP contribution in [0.2, 0.25) is 0 Å². The molecule has 1 aromatic heterocycles. The molecule has 15 heavy (non-hydrogen) atoms. The van der Waals surface area contributed by atoms with Crippen molar-refractivity contribution in [2.24, 2.45) is 5.73 Å². The summed E-state index contributed by atoms with van der Waals surface area (Å²) in [4.78, 5) is 0. The summed E-state index contributed by atoms with van der Waals surface area (Å²) in [6.45, 7) is 0.144. The van der Waals surface area contributed by atoms with Gasteiger partial charge in [0.15, 0.2) is 0 Å². The number of halogens is 1. The average Bonchev–Trinajstić information content (AvgIpc) is 2.61. The molecule has 1 atom stereocenters. The van der Waals surface area contributed by atoms with Gasteiger partial charge in [-0.3, -0.25) is 0 Å². The van der Waals surface area contributed by atoms with Gasteiger partial charge in [0.2, 0.25) is 0 Å². The summed E-state index contributed by atoms with van der Waals surface area (Å²) in [6, 6.07) is 8.17. The van der Waals surface area contributed by atoms with Gasteiger partial charge in [0.25, 0.3) is 0 Å². The lowest BCUT2D eigenvalue weighted by atomic mass is 10.0. The predicted molar refractivity (Wildman–Crippen MR) is 67.7 cm³/mol. The number of rotatable bonds is 3. The van der Waals surface area contributed by atoms with E-state index in [0.29, 0.717) is 6.42 Å². The Kier molecular flexibility index (Phi) is 4.54. The number of benzene rings is 1. The van der Waals surface area contributed by atoms with Gasteiger partial charge in [0.05, 0.1) is 0 Å². The summed E-state index contributed by atoms with van der Waals surface area (Å²) in [5.74, 6) is 0. The molecule has 0 saturated carbocycles. The fraction of sp³-hybridized carbons (Fsp3) is 0.273. The van der Waals surface area contributed by atoms with Crippen LogP contribution < -0.4 is 5.73 Å². The van der Waals surface area contributed by atoms with E-state index >= 15 is 0 Å². The van der Waals surface area contributed by atoms with Crippen LogP contribution >= 0.6 is 23.7 Å². The number of nitrogens with two attached hydrogens (primary N) is 1. The van der Waals surface area contributed by atoms with E-state index in [1.54, 1.807) is 11.3 Å². The third-order valence-electron chi connectivity index (χ3n) is 2.35. The van der Waals surface area contributed by atoms with Gasteiger partial charge < -0.3 is 10.8 Å². The van der Waals surface area contributed by atoms with Crippen molar-refractivity contribution in [3.63, 3.8) is 0 Å². The Balaban J connectivity index is 0.00000112. The standard InChI is InChI=1S/C11H13NOS.ClH/c12-10(5-6-13)9-7-14-11-4-2-1-3-8(9)11;/h1-4,7,10,13H,5-6,12H2;1H/t10-;/m0./s1. The van der Waals surface area contributed by atoms with Crippen LogP contribution in [-0.2, 0) is 0 Å². The van der Waals surface area contributed by atoms with Gasteiger partial charge in [-0.25, -0.2) is 0 Å². The fourth-order valence-corrected chi connectivity index (χ4v) is 2.61. The van der Waals surface area contributed by atoms with Crippen molar-refractivity contribution < 1.29 is 5.11 Å². The highest BCUT2D eigenvalue weighted by atomic mass is 35.5. The Morgan fingerprint density at radius 1 is 1.33 bits per heavy atom. The summed E-state index contributed by atoms with van der Waals surface area (Å²) in [5.41, 5.74) is 7.12. The van der Waals surface area contributed by atoms with Gasteiger partial charge >= 0.3 is 0 Å². The third-order valence-corrected chi connectivity index (χ3v) is 3.33. The summed E-state index contributed by atoms with van der Waals surface area (Å²) in [5, 5.41) is 12.1. The van der Waals surface area contributed by atoms with Crippen molar-refractivity contribution in [2.75, 3.05) is 6.61 Å². The first-order valence-corrected chi connectivity index (χ1v) is 5.53. The molecule has 3 N–H and O–H groups in total. The van der Waals surface area contributed by atoms with Crippen LogP contribution in [0, 0.1) is 0 Å². The molecule has 0 saturated heterocycles. The molecule has 1 heterocycles. The molecule has 0 fully saturated rings. The molecule has 0 radical (unpaired) electrons. The normalized spacial score (nSPS) is 12.4. The molecule has 2 nitrogen and oxygen atoms in total. The zero-order valence-corrected chi connectivity index (χ0v) is 9.85. The lowest BCUT2D eigenvalue weighted by Crippen LogP contribution is -2.11. The fourth-order valence-electron chi connectivity index (χ4n) is 1.58. The highest BCUT2D eigenvalue weighted by molar-refractivity contribution is 7.17. The Morgan fingerprint density at radius 3 is 2.80 bits per heavy atom. The number of hydrogen-bond donors (Lipinski definition) is 2. The second-order valence-electron chi connectivity index (χ2n) is 3.31. The molecule has 2 aromatic rings. The van der Waals surface area contributed by atoms with Gasteiger partial charge in [0.1, 0.15) is 0 Å². The number of fused-ring (bicyclic) bond motifs is 1. The smallest absolute Gasteiger partial charge is 0.0449 e. The number of thiophene rings is 1. The average molecular weight is 244 g/mol. The van der Waals surface area contributed by atoms with Crippen molar-refractivity contribution in [1.82, 2.24) is 0 Å². The maximum Gasteiger partial charge on any atom is 0.0449 e. The SMILES string of the molecule is Cl.N[C@@H](CCO)c1csc2ccccc12. The first kappa shape index (κ1) is 12.5. The second-order valence-corrected chi connectivity index (χ2v) is 4.22. The summed E-state index contributed by atoms with van der Waals surface area (Å²) >= 11 is 1.71. The van der Waals surface area contributed by atoms with E-state index < -0.39 is 0 Å². The van der Waals surface area contributed by atoms with Crippen LogP contribution in [0.1, 0.15) is 18.0 Å². The molecule has 0 amide bonds. The van der Waals surface area contributed by atoms with E-state index in [2.05, 4.69) is 17.5 Å². The summed E-state index contributed by atoms with van der Waals surface area (Å²) in [7, 11) is 0. The highest BCUT2D eigenvalue weighted by Gasteiger charge is 2.10. The number of aliphatic hydroxyl groups is 1. The van der Waals surface area contributed by atoms with E-state index in [9.17, 15) is 0 Å². The Morgan fingerprint density at radius 2 is 2.07 bits per heavy atom. The lowest BCUT2D eigenvalue weighted by molar-refractivity contribution is 0.277. The molecule has 2 rings (SSSR count). The minimum Gasteiger partial charge on any atom is -0.396 e. The molecule has 0 aliphatic rings. The van der Waals surface area contributed by atoms with Crippen molar-refractivity contribution >= 4 is 33.8 Å². The van der Waals surface area contributed by atoms with Crippen LogP contribution in [0.5, 0.6) is 0 Å². The van der Waals surface area contributed by atoms with Crippen LogP contribution in [0.15, 0.2) is 29.6 Å². The Labute approximate surface area is 99.1 Å². The van der Waals surface area contributed by atoms with Gasteiger partial charge in [-0.1, -0.05) is 18.2 Å². The van der Waals surface area contributed by atoms with E-state index in [-0.39, 0.29) is 25.1 Å². The molecule has 0 aliphatic heterocycles. The minimum absolute atomic E-state index is 0. The third kappa shape index (κ3) is 2.49. The van der Waals surface area contributed by atoms with Crippen LogP contribution in [0.4, 0.5) is 0 Å². The number of hydrogen-bond acceptors (Lipinski definition) is 3. The van der Waals surface area contributed by atoms with Gasteiger partial charge in [-0.2, -0.15) is 0 Å². The van der Waals surface area contributed by atoms with Crippen molar-refractivity contribution in [3.8, 4) is 0 Å².